The van der Waals surface area contributed by atoms with Crippen LogP contribution in [0.15, 0.2) is 36.4 Å². The second-order valence-corrected chi connectivity index (χ2v) is 9.85. The average Bonchev–Trinajstić information content (AvgIpc) is 2.81. The van der Waals surface area contributed by atoms with Crippen molar-refractivity contribution in [2.24, 2.45) is 23.7 Å². The lowest BCUT2D eigenvalue weighted by atomic mass is 9.67. The van der Waals surface area contributed by atoms with Crippen LogP contribution in [0.5, 0.6) is 5.75 Å². The largest absolute Gasteiger partial charge is 0.497 e. The van der Waals surface area contributed by atoms with E-state index in [1.54, 1.807) is 6.07 Å². The summed E-state index contributed by atoms with van der Waals surface area (Å²) in [7, 11) is 1.54. The molecule has 2 fully saturated rings. The summed E-state index contributed by atoms with van der Waals surface area (Å²) < 4.78 is 35.1. The maximum atomic E-state index is 15.0. The van der Waals surface area contributed by atoms with Crippen LogP contribution in [0.3, 0.4) is 0 Å². The fourth-order valence-corrected chi connectivity index (χ4v) is 6.24. The Morgan fingerprint density at radius 2 is 1.55 bits per heavy atom. The van der Waals surface area contributed by atoms with Crippen LogP contribution in [0.1, 0.15) is 76.7 Å². The van der Waals surface area contributed by atoms with Gasteiger partial charge >= 0.3 is 0 Å². The third-order valence-corrected chi connectivity index (χ3v) is 8.22. The second kappa shape index (κ2) is 9.71. The minimum Gasteiger partial charge on any atom is -0.497 e. The molecule has 0 N–H and O–H groups in total. The number of hydrogen-bond donors (Lipinski definition) is 0. The van der Waals surface area contributed by atoms with Gasteiger partial charge in [0.25, 0.3) is 0 Å². The highest BCUT2D eigenvalue weighted by atomic mass is 19.2. The van der Waals surface area contributed by atoms with Crippen molar-refractivity contribution in [1.29, 1.82) is 0 Å². The molecule has 2 aromatic rings. The van der Waals surface area contributed by atoms with E-state index >= 15 is 4.39 Å². The number of allylic oxidation sites excluding steroid dienone is 2. The lowest BCUT2D eigenvalue weighted by molar-refractivity contribution is 0.147. The van der Waals surface area contributed by atoms with Crippen molar-refractivity contribution < 1.29 is 13.5 Å². The van der Waals surface area contributed by atoms with E-state index in [4.69, 9.17) is 4.74 Å². The summed E-state index contributed by atoms with van der Waals surface area (Å²) in [6.07, 6.45) is 14.7. The first kappa shape index (κ1) is 22.3. The van der Waals surface area contributed by atoms with Crippen molar-refractivity contribution >= 4 is 10.8 Å². The van der Waals surface area contributed by atoms with Gasteiger partial charge in [-0.05, 0) is 117 Å². The lowest BCUT2D eigenvalue weighted by Gasteiger charge is -2.39. The molecule has 168 valence electrons. The van der Waals surface area contributed by atoms with Gasteiger partial charge in [0.2, 0.25) is 0 Å². The molecule has 1 nitrogen and oxygen atoms in total. The summed E-state index contributed by atoms with van der Waals surface area (Å²) in [6, 6.07) is 7.07. The van der Waals surface area contributed by atoms with E-state index < -0.39 is 11.6 Å². The molecule has 4 rings (SSSR count). The Kier molecular flexibility index (Phi) is 6.99. The molecule has 2 saturated carbocycles. The maximum absolute atomic E-state index is 15.0. The molecule has 0 amide bonds. The van der Waals surface area contributed by atoms with Gasteiger partial charge in [0.15, 0.2) is 11.6 Å². The third kappa shape index (κ3) is 4.66. The fraction of sp³-hybridized carbons (Fsp3) is 0.571. The van der Waals surface area contributed by atoms with Crippen LogP contribution in [0, 0.1) is 35.3 Å². The normalized spacial score (nSPS) is 28.2. The predicted molar refractivity (Wildman–Crippen MR) is 125 cm³/mol. The molecule has 31 heavy (non-hydrogen) atoms. The van der Waals surface area contributed by atoms with Gasteiger partial charge in [-0.2, -0.15) is 0 Å². The number of ether oxygens (including phenoxy) is 1. The number of halogens is 2. The quantitative estimate of drug-likeness (QED) is 0.436. The zero-order chi connectivity index (χ0) is 22.0. The minimum atomic E-state index is -0.746. The van der Waals surface area contributed by atoms with Crippen LogP contribution in [-0.2, 0) is 0 Å². The molecule has 0 radical (unpaired) electrons. The summed E-state index contributed by atoms with van der Waals surface area (Å²) >= 11 is 0. The van der Waals surface area contributed by atoms with Crippen LogP contribution in [-0.4, -0.2) is 7.11 Å². The topological polar surface area (TPSA) is 9.23 Å². The third-order valence-electron chi connectivity index (χ3n) is 8.22. The van der Waals surface area contributed by atoms with Crippen LogP contribution < -0.4 is 4.74 Å². The minimum absolute atomic E-state index is 0.0346. The van der Waals surface area contributed by atoms with E-state index in [2.05, 4.69) is 26.0 Å². The maximum Gasteiger partial charge on any atom is 0.167 e. The Bertz CT molecular complexity index is 918. The Morgan fingerprint density at radius 3 is 2.16 bits per heavy atom. The molecule has 1 atom stereocenters. The number of hydrogen-bond acceptors (Lipinski definition) is 1. The summed E-state index contributed by atoms with van der Waals surface area (Å²) in [4.78, 5) is 0. The highest BCUT2D eigenvalue weighted by Gasteiger charge is 2.33. The molecular formula is C28H36F2O. The molecule has 2 aliphatic rings. The van der Waals surface area contributed by atoms with Gasteiger partial charge in [-0.1, -0.05) is 25.1 Å². The first-order chi connectivity index (χ1) is 15.0. The molecule has 0 saturated heterocycles. The number of fused-ring (bicyclic) bond motifs is 1. The Morgan fingerprint density at radius 1 is 0.903 bits per heavy atom. The first-order valence-corrected chi connectivity index (χ1v) is 12.1. The number of rotatable bonds is 5. The van der Waals surface area contributed by atoms with Crippen LogP contribution in [0.2, 0.25) is 0 Å². The van der Waals surface area contributed by atoms with Gasteiger partial charge in [-0.15, -0.1) is 0 Å². The van der Waals surface area contributed by atoms with Crippen molar-refractivity contribution in [2.75, 3.05) is 7.11 Å². The Hall–Kier alpha value is -1.90. The molecule has 0 bridgehead atoms. The van der Waals surface area contributed by atoms with Crippen molar-refractivity contribution in [3.8, 4) is 5.75 Å². The SMILES string of the molecule is C/C=C/C1CCC(C2CCC(C(C)c3cc4ccc(OC)cc4c(F)c3F)CC2)CC1. The average molecular weight is 427 g/mol. The summed E-state index contributed by atoms with van der Waals surface area (Å²) in [6.45, 7) is 4.20. The molecule has 2 aromatic carbocycles. The second-order valence-electron chi connectivity index (χ2n) is 9.85. The molecule has 0 aromatic heterocycles. The Balaban J connectivity index is 1.42. The van der Waals surface area contributed by atoms with E-state index in [1.807, 2.05) is 18.2 Å². The van der Waals surface area contributed by atoms with Gasteiger partial charge in [0.05, 0.1) is 7.11 Å². The summed E-state index contributed by atoms with van der Waals surface area (Å²) in [5, 5.41) is 1.04. The standard InChI is InChI=1S/C28H36F2O/c1-4-5-19-6-8-21(9-7-19)22-12-10-20(11-13-22)18(2)25-16-23-14-15-24(31-3)17-26(23)28(30)27(25)29/h4-5,14-22H,6-13H2,1-3H3/b5-4+. The molecule has 0 heterocycles. The van der Waals surface area contributed by atoms with Crippen molar-refractivity contribution in [2.45, 2.75) is 71.1 Å². The molecule has 2 aliphatic carbocycles. The predicted octanol–water partition coefficient (Wildman–Crippen LogP) is 8.42. The van der Waals surface area contributed by atoms with E-state index in [1.165, 1.54) is 45.6 Å². The highest BCUT2D eigenvalue weighted by molar-refractivity contribution is 5.85. The van der Waals surface area contributed by atoms with Gasteiger partial charge in [0.1, 0.15) is 5.75 Å². The van der Waals surface area contributed by atoms with Gasteiger partial charge in [-0.3, -0.25) is 0 Å². The van der Waals surface area contributed by atoms with Crippen molar-refractivity contribution in [1.82, 2.24) is 0 Å². The van der Waals surface area contributed by atoms with Gasteiger partial charge < -0.3 is 4.74 Å². The van der Waals surface area contributed by atoms with E-state index in [0.29, 0.717) is 22.6 Å². The van der Waals surface area contributed by atoms with Crippen molar-refractivity contribution in [3.63, 3.8) is 0 Å². The van der Waals surface area contributed by atoms with Crippen LogP contribution in [0.4, 0.5) is 8.78 Å². The lowest BCUT2D eigenvalue weighted by Crippen LogP contribution is -2.27. The van der Waals surface area contributed by atoms with E-state index in [0.717, 1.165) is 36.0 Å². The van der Waals surface area contributed by atoms with E-state index in [-0.39, 0.29) is 5.92 Å². The van der Waals surface area contributed by atoms with Crippen LogP contribution >= 0.6 is 0 Å². The first-order valence-electron chi connectivity index (χ1n) is 12.1. The zero-order valence-electron chi connectivity index (χ0n) is 19.2. The number of methoxy groups -OCH3 is 1. The number of benzene rings is 2. The summed E-state index contributed by atoms with van der Waals surface area (Å²) in [5.74, 6) is 2.05. The Labute approximate surface area is 185 Å². The smallest absolute Gasteiger partial charge is 0.167 e. The van der Waals surface area contributed by atoms with Crippen molar-refractivity contribution in [3.05, 3.63) is 53.6 Å². The molecular weight excluding hydrogens is 390 g/mol. The zero-order valence-corrected chi connectivity index (χ0v) is 19.2. The van der Waals surface area contributed by atoms with Crippen LogP contribution in [0.25, 0.3) is 10.8 Å². The van der Waals surface area contributed by atoms with E-state index in [9.17, 15) is 4.39 Å². The summed E-state index contributed by atoms with van der Waals surface area (Å²) in [5.41, 5.74) is 0.533. The molecule has 0 spiro atoms. The highest BCUT2D eigenvalue weighted by Crippen LogP contribution is 2.45. The molecule has 0 aliphatic heterocycles. The molecule has 1 unspecified atom stereocenters. The molecule has 3 heteroatoms. The van der Waals surface area contributed by atoms with Gasteiger partial charge in [0, 0.05) is 5.39 Å². The van der Waals surface area contributed by atoms with Gasteiger partial charge in [-0.25, -0.2) is 8.78 Å². The monoisotopic (exact) mass is 426 g/mol. The fourth-order valence-electron chi connectivity index (χ4n) is 6.24.